The zero-order chi connectivity index (χ0) is 30.0. The molecule has 0 unspecified atom stereocenters. The van der Waals surface area contributed by atoms with Crippen LogP contribution in [0.5, 0.6) is 5.75 Å². The highest BCUT2D eigenvalue weighted by atomic mass is 16.5. The van der Waals surface area contributed by atoms with E-state index in [1.54, 1.807) is 31.7 Å². The number of amides is 1. The van der Waals surface area contributed by atoms with Gasteiger partial charge in [0, 0.05) is 56.8 Å². The number of rotatable bonds is 11. The fourth-order valence-electron chi connectivity index (χ4n) is 4.65. The van der Waals surface area contributed by atoms with Gasteiger partial charge in [0.2, 0.25) is 0 Å². The normalized spacial score (nSPS) is 13.0. The molecule has 1 amide bonds. The minimum atomic E-state index is -0.905. The summed E-state index contributed by atoms with van der Waals surface area (Å²) in [6.07, 6.45) is 6.60. The number of hydrogen-bond acceptors (Lipinski definition) is 10. The molecule has 4 heterocycles. The molecule has 5 rings (SSSR count). The summed E-state index contributed by atoms with van der Waals surface area (Å²) in [7, 11) is 0. The lowest BCUT2D eigenvalue weighted by Gasteiger charge is -2.33. The van der Waals surface area contributed by atoms with Gasteiger partial charge in [-0.15, -0.1) is 0 Å². The van der Waals surface area contributed by atoms with Gasteiger partial charge in [-0.3, -0.25) is 9.78 Å². The summed E-state index contributed by atoms with van der Waals surface area (Å²) in [5.74, 6) is 2.40. The Balaban J connectivity index is 1.32. The third-order valence-electron chi connectivity index (χ3n) is 6.87. The van der Waals surface area contributed by atoms with E-state index in [4.69, 9.17) is 14.5 Å². The van der Waals surface area contributed by atoms with Gasteiger partial charge >= 0.3 is 12.1 Å². The SMILES string of the molecule is CCOC(=O)CCc1ccc(OCc2cc(Nc3cnccn3)nc(-c3ccnc(N4CCN(C(=O)O)CC4)c3)c2)cc1. The first-order valence-corrected chi connectivity index (χ1v) is 14.1. The van der Waals surface area contributed by atoms with Crippen molar-refractivity contribution in [1.29, 1.82) is 0 Å². The number of piperazine rings is 1. The van der Waals surface area contributed by atoms with Crippen LogP contribution < -0.4 is 15.0 Å². The van der Waals surface area contributed by atoms with Crippen LogP contribution >= 0.6 is 0 Å². The first-order valence-electron chi connectivity index (χ1n) is 14.1. The largest absolute Gasteiger partial charge is 0.489 e. The number of carboxylic acid groups (broad SMARTS) is 1. The van der Waals surface area contributed by atoms with Gasteiger partial charge in [-0.05, 0) is 60.9 Å². The summed E-state index contributed by atoms with van der Waals surface area (Å²) in [4.78, 5) is 44.2. The van der Waals surface area contributed by atoms with Crippen molar-refractivity contribution in [3.05, 3.63) is 84.4 Å². The number of nitrogens with zero attached hydrogens (tertiary/aromatic N) is 6. The summed E-state index contributed by atoms with van der Waals surface area (Å²) < 4.78 is 11.1. The maximum Gasteiger partial charge on any atom is 0.407 e. The third-order valence-corrected chi connectivity index (χ3v) is 6.87. The lowest BCUT2D eigenvalue weighted by Crippen LogP contribution is -2.48. The highest BCUT2D eigenvalue weighted by Crippen LogP contribution is 2.27. The van der Waals surface area contributed by atoms with E-state index in [0.717, 1.165) is 28.2 Å². The predicted molar refractivity (Wildman–Crippen MR) is 160 cm³/mol. The molecule has 1 aliphatic heterocycles. The molecule has 0 radical (unpaired) electrons. The number of pyridine rings is 2. The van der Waals surface area contributed by atoms with Crippen molar-refractivity contribution in [3.8, 4) is 17.0 Å². The number of carbonyl (C=O) groups is 2. The number of aromatic nitrogens is 4. The second kappa shape index (κ2) is 14.1. The molecule has 1 fully saturated rings. The molecule has 2 N–H and O–H groups in total. The van der Waals surface area contributed by atoms with Gasteiger partial charge in [0.25, 0.3) is 0 Å². The van der Waals surface area contributed by atoms with E-state index in [0.29, 0.717) is 69.6 Å². The Hall–Kier alpha value is -5.26. The zero-order valence-electron chi connectivity index (χ0n) is 23.8. The standard InChI is InChI=1S/C31H33N7O5/c1-2-42-30(39)8-5-22-3-6-25(7-4-22)43-21-23-17-26(35-27(18-23)36-28-20-32-11-12-33-28)24-9-10-34-29(19-24)37-13-15-38(16-14-37)31(40)41/h3-4,6-7,9-12,17-20H,2,5,8,13-16,21H2,1H3,(H,40,41)(H,33,35,36). The Morgan fingerprint density at radius 1 is 0.930 bits per heavy atom. The molecule has 0 spiro atoms. The van der Waals surface area contributed by atoms with Crippen LogP contribution in [-0.4, -0.2) is 74.8 Å². The van der Waals surface area contributed by atoms with E-state index >= 15 is 0 Å². The smallest absolute Gasteiger partial charge is 0.407 e. The number of nitrogens with one attached hydrogen (secondary N) is 1. The maximum atomic E-state index is 11.7. The van der Waals surface area contributed by atoms with Crippen LogP contribution in [-0.2, 0) is 22.6 Å². The molecule has 0 saturated carbocycles. The fourth-order valence-corrected chi connectivity index (χ4v) is 4.65. The number of benzene rings is 1. The molecule has 12 heteroatoms. The van der Waals surface area contributed by atoms with Gasteiger partial charge in [0.05, 0.1) is 18.5 Å². The van der Waals surface area contributed by atoms with Gasteiger partial charge in [-0.25, -0.2) is 19.7 Å². The topological polar surface area (TPSA) is 143 Å². The van der Waals surface area contributed by atoms with E-state index < -0.39 is 6.09 Å². The van der Waals surface area contributed by atoms with Crippen LogP contribution in [0, 0.1) is 0 Å². The highest BCUT2D eigenvalue weighted by molar-refractivity contribution is 5.70. The quantitative estimate of drug-likeness (QED) is 0.240. The summed E-state index contributed by atoms with van der Waals surface area (Å²) >= 11 is 0. The molecule has 1 aliphatic rings. The van der Waals surface area contributed by atoms with Crippen LogP contribution in [0.2, 0.25) is 0 Å². The van der Waals surface area contributed by atoms with Gasteiger partial charge < -0.3 is 29.7 Å². The predicted octanol–water partition coefficient (Wildman–Crippen LogP) is 4.55. The first-order chi connectivity index (χ1) is 21.0. The molecule has 0 aliphatic carbocycles. The van der Waals surface area contributed by atoms with Crippen molar-refractivity contribution in [3.63, 3.8) is 0 Å². The van der Waals surface area contributed by atoms with Gasteiger partial charge in [0.15, 0.2) is 0 Å². The number of carbonyl (C=O) groups excluding carboxylic acids is 1. The van der Waals surface area contributed by atoms with E-state index in [2.05, 4.69) is 25.2 Å². The Kier molecular flexibility index (Phi) is 9.57. The second-order valence-corrected chi connectivity index (χ2v) is 9.86. The Labute approximate surface area is 249 Å². The molecular formula is C31H33N7O5. The average Bonchev–Trinajstić information content (AvgIpc) is 3.04. The second-order valence-electron chi connectivity index (χ2n) is 9.86. The molecule has 12 nitrogen and oxygen atoms in total. The number of ether oxygens (including phenoxy) is 2. The fraction of sp³-hybridized carbons (Fsp3) is 0.290. The molecular weight excluding hydrogens is 550 g/mol. The van der Waals surface area contributed by atoms with E-state index in [9.17, 15) is 14.7 Å². The highest BCUT2D eigenvalue weighted by Gasteiger charge is 2.21. The summed E-state index contributed by atoms with van der Waals surface area (Å²) in [5.41, 5.74) is 3.49. The van der Waals surface area contributed by atoms with Crippen molar-refractivity contribution in [2.45, 2.75) is 26.4 Å². The number of esters is 1. The van der Waals surface area contributed by atoms with Crippen molar-refractivity contribution in [1.82, 2.24) is 24.8 Å². The molecule has 3 aromatic heterocycles. The third kappa shape index (κ3) is 8.15. The van der Waals surface area contributed by atoms with Crippen LogP contribution in [0.4, 0.5) is 22.2 Å². The molecule has 43 heavy (non-hydrogen) atoms. The average molecular weight is 584 g/mol. The lowest BCUT2D eigenvalue weighted by molar-refractivity contribution is -0.143. The van der Waals surface area contributed by atoms with Crippen LogP contribution in [0.15, 0.2) is 73.3 Å². The molecule has 1 aromatic carbocycles. The number of aryl methyl sites for hydroxylation is 1. The van der Waals surface area contributed by atoms with Crippen molar-refractivity contribution >= 4 is 29.5 Å². The van der Waals surface area contributed by atoms with Crippen LogP contribution in [0.25, 0.3) is 11.3 Å². The molecule has 4 aromatic rings. The van der Waals surface area contributed by atoms with Gasteiger partial charge in [0.1, 0.15) is 29.8 Å². The molecule has 222 valence electrons. The maximum absolute atomic E-state index is 11.7. The molecule has 1 saturated heterocycles. The van der Waals surface area contributed by atoms with Crippen LogP contribution in [0.3, 0.4) is 0 Å². The monoisotopic (exact) mass is 583 g/mol. The first kappa shape index (κ1) is 29.2. The Morgan fingerprint density at radius 3 is 2.47 bits per heavy atom. The minimum Gasteiger partial charge on any atom is -0.489 e. The Morgan fingerprint density at radius 2 is 1.74 bits per heavy atom. The van der Waals surface area contributed by atoms with E-state index in [1.807, 2.05) is 48.5 Å². The van der Waals surface area contributed by atoms with Crippen LogP contribution in [0.1, 0.15) is 24.5 Å². The Bertz CT molecular complexity index is 1530. The minimum absolute atomic E-state index is 0.204. The zero-order valence-corrected chi connectivity index (χ0v) is 23.8. The van der Waals surface area contributed by atoms with E-state index in [-0.39, 0.29) is 5.97 Å². The van der Waals surface area contributed by atoms with Crippen molar-refractivity contribution in [2.75, 3.05) is 43.0 Å². The molecule has 0 bridgehead atoms. The van der Waals surface area contributed by atoms with Gasteiger partial charge in [-0.1, -0.05) is 12.1 Å². The van der Waals surface area contributed by atoms with Crippen molar-refractivity contribution in [2.24, 2.45) is 0 Å². The summed E-state index contributed by atoms with van der Waals surface area (Å²) in [6, 6.07) is 15.4. The summed E-state index contributed by atoms with van der Waals surface area (Å²) in [6.45, 7) is 4.44. The summed E-state index contributed by atoms with van der Waals surface area (Å²) in [5, 5.41) is 12.5. The molecule has 0 atom stereocenters. The number of hydrogen-bond donors (Lipinski definition) is 2. The van der Waals surface area contributed by atoms with E-state index in [1.165, 1.54) is 4.90 Å². The van der Waals surface area contributed by atoms with Crippen molar-refractivity contribution < 1.29 is 24.2 Å². The van der Waals surface area contributed by atoms with Gasteiger partial charge in [-0.2, -0.15) is 0 Å². The number of anilines is 3. The lowest BCUT2D eigenvalue weighted by atomic mass is 10.1.